The second-order valence-electron chi connectivity index (χ2n) is 11.1. The molecule has 0 aromatic rings. The van der Waals surface area contributed by atoms with Gasteiger partial charge >= 0.3 is 12.1 Å². The van der Waals surface area contributed by atoms with E-state index in [9.17, 15) is 24.4 Å². The molecule has 0 saturated carbocycles. The van der Waals surface area contributed by atoms with Crippen LogP contribution >= 0.6 is 0 Å². The molecule has 3 N–H and O–H groups in total. The zero-order valence-electron chi connectivity index (χ0n) is 22.9. The fourth-order valence-electron chi connectivity index (χ4n) is 6.04. The summed E-state index contributed by atoms with van der Waals surface area (Å²) in [5.41, 5.74) is 4.99. The molecule has 6 heterocycles. The molecule has 0 aromatic carbocycles. The third kappa shape index (κ3) is 6.28. The topological polar surface area (TPSA) is 162 Å². The number of urea groups is 2. The zero-order chi connectivity index (χ0) is 28.2. The first-order valence-corrected chi connectivity index (χ1v) is 14.2. The van der Waals surface area contributed by atoms with E-state index < -0.39 is 18.1 Å². The lowest BCUT2D eigenvalue weighted by molar-refractivity contribution is -0.148. The van der Waals surface area contributed by atoms with Gasteiger partial charge in [-0.2, -0.15) is 0 Å². The van der Waals surface area contributed by atoms with Crippen molar-refractivity contribution in [1.29, 1.82) is 0 Å². The van der Waals surface area contributed by atoms with Gasteiger partial charge in [0.15, 0.2) is 0 Å². The van der Waals surface area contributed by atoms with E-state index in [0.717, 1.165) is 37.2 Å². The highest BCUT2D eigenvalue weighted by Gasteiger charge is 2.47. The maximum absolute atomic E-state index is 12.2. The van der Waals surface area contributed by atoms with E-state index in [-0.39, 0.29) is 42.1 Å². The van der Waals surface area contributed by atoms with Crippen LogP contribution in [-0.4, -0.2) is 132 Å². The third-order valence-corrected chi connectivity index (χ3v) is 8.59. The second kappa shape index (κ2) is 12.9. The van der Waals surface area contributed by atoms with Gasteiger partial charge in [-0.1, -0.05) is 0 Å². The molecule has 6 saturated heterocycles. The second-order valence-corrected chi connectivity index (χ2v) is 11.1. The number of nitrogens with one attached hydrogen (secondary N) is 2. The van der Waals surface area contributed by atoms with Crippen molar-refractivity contribution < 1.29 is 43.5 Å². The van der Waals surface area contributed by atoms with Crippen LogP contribution in [0.1, 0.15) is 51.4 Å². The molecule has 0 aliphatic carbocycles. The molecule has 6 aliphatic rings. The average Bonchev–Trinajstić information content (AvgIpc) is 3.35. The predicted molar refractivity (Wildman–Crippen MR) is 135 cm³/mol. The molecule has 6 amide bonds. The van der Waals surface area contributed by atoms with Crippen LogP contribution in [0.25, 0.3) is 0 Å². The van der Waals surface area contributed by atoms with Gasteiger partial charge in [-0.25, -0.2) is 25.6 Å². The van der Waals surface area contributed by atoms with Crippen molar-refractivity contribution in [2.75, 3.05) is 46.6 Å². The number of amides is 6. The summed E-state index contributed by atoms with van der Waals surface area (Å²) in [4.78, 5) is 63.7. The smallest absolute Gasteiger partial charge is 0.344 e. The number of hydroxylamine groups is 4. The summed E-state index contributed by atoms with van der Waals surface area (Å²) in [6.45, 7) is 3.64. The van der Waals surface area contributed by atoms with Crippen LogP contribution in [0.15, 0.2) is 0 Å². The highest BCUT2D eigenvalue weighted by atomic mass is 16.7. The summed E-state index contributed by atoms with van der Waals surface area (Å²) in [5.74, 6) is -0.530. The van der Waals surface area contributed by atoms with Crippen molar-refractivity contribution in [3.8, 4) is 0 Å². The largest absolute Gasteiger partial charge is 0.381 e. The molecule has 6 aliphatic heterocycles. The van der Waals surface area contributed by atoms with Gasteiger partial charge in [0.2, 0.25) is 0 Å². The van der Waals surface area contributed by atoms with Gasteiger partial charge in [0.05, 0.1) is 24.3 Å². The molecule has 0 radical (unpaired) electrons. The Morgan fingerprint density at radius 3 is 1.70 bits per heavy atom. The Labute approximate surface area is 232 Å². The zero-order valence-corrected chi connectivity index (χ0v) is 22.9. The highest BCUT2D eigenvalue weighted by molar-refractivity contribution is 5.88. The number of ether oxygens (including phenoxy) is 2. The van der Waals surface area contributed by atoms with E-state index in [4.69, 9.17) is 19.1 Å². The van der Waals surface area contributed by atoms with E-state index in [0.29, 0.717) is 58.8 Å². The van der Waals surface area contributed by atoms with Crippen molar-refractivity contribution >= 4 is 23.9 Å². The minimum Gasteiger partial charge on any atom is -0.381 e. The number of likely N-dealkylation sites (N-methyl/N-ethyl adjacent to an activating group) is 1. The van der Waals surface area contributed by atoms with Crippen LogP contribution in [0.4, 0.5) is 9.59 Å². The van der Waals surface area contributed by atoms with E-state index in [2.05, 4.69) is 11.0 Å². The first-order chi connectivity index (χ1) is 19.3. The Hall–Kier alpha value is -2.72. The van der Waals surface area contributed by atoms with Gasteiger partial charge < -0.3 is 24.2 Å². The Balaban J connectivity index is 0.000000161. The van der Waals surface area contributed by atoms with Crippen molar-refractivity contribution in [3.05, 3.63) is 0 Å². The van der Waals surface area contributed by atoms with E-state index in [1.807, 2.05) is 0 Å². The number of carbonyl (C=O) groups excluding carboxylic acids is 4. The molecule has 0 spiro atoms. The Kier molecular flexibility index (Phi) is 9.25. The number of nitrogens with zero attached hydrogens (tertiary/aromatic N) is 4. The van der Waals surface area contributed by atoms with Gasteiger partial charge in [-0.05, 0) is 51.4 Å². The third-order valence-electron chi connectivity index (χ3n) is 8.59. The average molecular weight is 569 g/mol. The van der Waals surface area contributed by atoms with Gasteiger partial charge in [0, 0.05) is 46.6 Å². The minimum absolute atomic E-state index is 0.0148. The van der Waals surface area contributed by atoms with Crippen molar-refractivity contribution in [2.45, 2.75) is 87.7 Å². The summed E-state index contributed by atoms with van der Waals surface area (Å²) < 4.78 is 10.4. The summed E-state index contributed by atoms with van der Waals surface area (Å²) in [6, 6.07) is -1.46. The lowest BCUT2D eigenvalue weighted by Crippen LogP contribution is -2.50. The van der Waals surface area contributed by atoms with E-state index in [1.54, 1.807) is 16.8 Å². The Bertz CT molecular complexity index is 870. The van der Waals surface area contributed by atoms with Crippen molar-refractivity contribution in [3.63, 3.8) is 0 Å². The molecule has 6 fully saturated rings. The van der Waals surface area contributed by atoms with E-state index in [1.165, 1.54) is 4.90 Å². The number of hydrogen-bond donors (Lipinski definition) is 3. The monoisotopic (exact) mass is 568 g/mol. The Morgan fingerprint density at radius 2 is 1.18 bits per heavy atom. The molecule has 6 rings (SSSR count). The molecule has 224 valence electrons. The van der Waals surface area contributed by atoms with Gasteiger partial charge in [0.25, 0.3) is 11.8 Å². The molecule has 4 atom stereocenters. The standard InChI is InChI=1S/C13H21N3O4.C12H19N3O5/c1-15-9-2-3-11(16(8-9)13(15)18)12(17)14-20-10-4-6-19-7-5-10;16-11(13-20-9-3-5-19-6-4-9)10-2-1-8-7-14(10)12(17)15(8)18/h9-11H,2-8H2,1H3,(H,14,17);8-10,18H,1-7H2,(H,13,16)/t9-,11+;8-,10+/m11/s1. The number of carbonyl (C=O) groups is 4. The number of piperidine rings is 2. The van der Waals surface area contributed by atoms with E-state index >= 15 is 0 Å². The summed E-state index contributed by atoms with van der Waals surface area (Å²) in [7, 11) is 1.80. The SMILES string of the molecule is CN1C(=O)N2C[C@H]1CC[C@H]2C(=O)NOC1CCOCC1.O=C(NOC1CCOCC1)[C@@H]1CC[C@@H]2CN1C(=O)N2O. The van der Waals surface area contributed by atoms with Crippen LogP contribution in [-0.2, 0) is 28.7 Å². The van der Waals surface area contributed by atoms with Crippen molar-refractivity contribution in [1.82, 2.24) is 30.7 Å². The summed E-state index contributed by atoms with van der Waals surface area (Å²) >= 11 is 0. The summed E-state index contributed by atoms with van der Waals surface area (Å²) in [5, 5.41) is 10.3. The lowest BCUT2D eigenvalue weighted by Gasteiger charge is -2.30. The molecule has 0 aromatic heterocycles. The number of hydrogen-bond acceptors (Lipinski definition) is 9. The Morgan fingerprint density at radius 1 is 0.725 bits per heavy atom. The van der Waals surface area contributed by atoms with Gasteiger partial charge in [-0.15, -0.1) is 0 Å². The van der Waals surface area contributed by atoms with Crippen LogP contribution < -0.4 is 11.0 Å². The quantitative estimate of drug-likeness (QED) is 0.295. The van der Waals surface area contributed by atoms with Gasteiger partial charge in [-0.3, -0.25) is 24.5 Å². The normalized spacial score (nSPS) is 30.8. The maximum Gasteiger partial charge on any atom is 0.344 e. The molecule has 4 bridgehead atoms. The minimum atomic E-state index is -0.559. The highest BCUT2D eigenvalue weighted by Crippen LogP contribution is 2.29. The fourth-order valence-corrected chi connectivity index (χ4v) is 6.04. The molecular formula is C25H40N6O9. The molecule has 40 heavy (non-hydrogen) atoms. The van der Waals surface area contributed by atoms with Crippen LogP contribution in [0.3, 0.4) is 0 Å². The van der Waals surface area contributed by atoms with Crippen LogP contribution in [0.5, 0.6) is 0 Å². The summed E-state index contributed by atoms with van der Waals surface area (Å²) in [6.07, 6.45) is 5.79. The molecule has 15 heteroatoms. The first kappa shape index (κ1) is 28.8. The van der Waals surface area contributed by atoms with Crippen LogP contribution in [0.2, 0.25) is 0 Å². The first-order valence-electron chi connectivity index (χ1n) is 14.2. The molecule has 15 nitrogen and oxygen atoms in total. The number of fused-ring (bicyclic) bond motifs is 4. The van der Waals surface area contributed by atoms with Crippen LogP contribution in [0, 0.1) is 0 Å². The fraction of sp³-hybridized carbons (Fsp3) is 0.840. The number of rotatable bonds is 6. The molecule has 0 unspecified atom stereocenters. The van der Waals surface area contributed by atoms with Crippen molar-refractivity contribution in [2.24, 2.45) is 0 Å². The van der Waals surface area contributed by atoms with Gasteiger partial charge in [0.1, 0.15) is 12.1 Å². The lowest BCUT2D eigenvalue weighted by atomic mass is 10.0. The predicted octanol–water partition coefficient (Wildman–Crippen LogP) is -0.0174. The molecular weight excluding hydrogens is 528 g/mol. The maximum atomic E-state index is 12.2.